The lowest BCUT2D eigenvalue weighted by Crippen LogP contribution is -2.36. The molecule has 0 aromatic rings. The van der Waals surface area contributed by atoms with Gasteiger partial charge in [-0.3, -0.25) is 0 Å². The first kappa shape index (κ1) is 20.0. The molecule has 1 nitrogen and oxygen atoms in total. The topological polar surface area (TPSA) is 9.23 Å². The second-order valence-electron chi connectivity index (χ2n) is 4.16. The van der Waals surface area contributed by atoms with E-state index in [4.69, 9.17) is 4.74 Å². The van der Waals surface area contributed by atoms with Crippen LogP contribution in [0.5, 0.6) is 0 Å². The molecule has 122 valence electrons. The summed E-state index contributed by atoms with van der Waals surface area (Å²) in [5, 5.41) is 0. The third-order valence-corrected chi connectivity index (χ3v) is 2.60. The first-order valence-electron chi connectivity index (χ1n) is 6.42. The molecule has 7 heteroatoms. The van der Waals surface area contributed by atoms with Crippen molar-refractivity contribution in [1.82, 2.24) is 0 Å². The van der Waals surface area contributed by atoms with Crippen LogP contribution in [0.2, 0.25) is 0 Å². The van der Waals surface area contributed by atoms with Crippen molar-refractivity contribution in [3.63, 3.8) is 0 Å². The van der Waals surface area contributed by atoms with Gasteiger partial charge in [-0.2, -0.15) is 34.6 Å². The fourth-order valence-electron chi connectivity index (χ4n) is 1.28. The Bertz CT molecular complexity index is 372. The van der Waals surface area contributed by atoms with Crippen LogP contribution in [0.3, 0.4) is 0 Å². The number of ether oxygens (including phenoxy) is 1. The first-order chi connectivity index (χ1) is 9.74. The minimum Gasteiger partial charge on any atom is -0.494 e. The van der Waals surface area contributed by atoms with Crippen LogP contribution in [-0.2, 0) is 4.74 Å². The highest BCUT2D eigenvalue weighted by molar-refractivity contribution is 7.80. The van der Waals surface area contributed by atoms with Crippen molar-refractivity contribution in [1.29, 1.82) is 0 Å². The van der Waals surface area contributed by atoms with E-state index in [0.29, 0.717) is 11.5 Å². The molecular weight excluding hydrogens is 311 g/mol. The molecule has 0 amide bonds. The minimum atomic E-state index is -5.51. The number of hydrogen-bond acceptors (Lipinski definition) is 2. The molecule has 0 aliphatic rings. The summed E-state index contributed by atoms with van der Waals surface area (Å²) in [7, 11) is 0. The van der Waals surface area contributed by atoms with Crippen molar-refractivity contribution in [3.05, 3.63) is 36.1 Å². The predicted molar refractivity (Wildman–Crippen MR) is 76.7 cm³/mol. The summed E-state index contributed by atoms with van der Waals surface area (Å²) in [4.78, 5) is 0. The third kappa shape index (κ3) is 8.80. The summed E-state index contributed by atoms with van der Waals surface area (Å²) in [6.45, 7) is 1.54. The van der Waals surface area contributed by atoms with E-state index in [9.17, 15) is 22.0 Å². The molecule has 0 radical (unpaired) electrons. The smallest absolute Gasteiger partial charge is 0.453 e. The van der Waals surface area contributed by atoms with Crippen molar-refractivity contribution in [2.45, 2.75) is 38.3 Å². The van der Waals surface area contributed by atoms with Crippen LogP contribution >= 0.6 is 12.6 Å². The number of hydrogen-bond donors (Lipinski definition) is 1. The van der Waals surface area contributed by atoms with Gasteiger partial charge in [0.1, 0.15) is 5.76 Å². The largest absolute Gasteiger partial charge is 0.494 e. The van der Waals surface area contributed by atoms with Crippen molar-refractivity contribution in [3.8, 4) is 0 Å². The lowest BCUT2D eigenvalue weighted by molar-refractivity contribution is -0.284. The second-order valence-corrected chi connectivity index (χ2v) is 4.61. The molecule has 0 aliphatic heterocycles. The molecule has 0 rings (SSSR count). The van der Waals surface area contributed by atoms with E-state index < -0.39 is 18.5 Å². The number of rotatable bonds is 9. The standard InChI is InChI=1S/C14H19F5OS/c1-2-7-12(8-4-3-5-11-21)20-10-6-9-13(15,16)14(17,18)19/h2-4,7-8,21H,5-6,9-11H2,1H3/b4-3+,7-2-,12-8+. The van der Waals surface area contributed by atoms with Gasteiger partial charge in [0.05, 0.1) is 6.61 Å². The minimum absolute atomic E-state index is 0.206. The van der Waals surface area contributed by atoms with Gasteiger partial charge in [-0.1, -0.05) is 18.2 Å². The Morgan fingerprint density at radius 1 is 1.19 bits per heavy atom. The zero-order valence-electron chi connectivity index (χ0n) is 11.7. The van der Waals surface area contributed by atoms with E-state index in [1.165, 1.54) is 0 Å². The Morgan fingerprint density at radius 3 is 2.38 bits per heavy atom. The lowest BCUT2D eigenvalue weighted by Gasteiger charge is -2.19. The van der Waals surface area contributed by atoms with Crippen molar-refractivity contribution >= 4 is 12.6 Å². The van der Waals surface area contributed by atoms with Gasteiger partial charge in [0, 0.05) is 6.42 Å². The number of halogens is 5. The zero-order valence-corrected chi connectivity index (χ0v) is 12.6. The SMILES string of the molecule is C\C=C/C(=C\C=C\CCS)OCCCC(F)(F)C(F)(F)F. The van der Waals surface area contributed by atoms with Crippen LogP contribution < -0.4 is 0 Å². The summed E-state index contributed by atoms with van der Waals surface area (Å²) < 4.78 is 66.4. The molecule has 21 heavy (non-hydrogen) atoms. The highest BCUT2D eigenvalue weighted by atomic mass is 32.1. The molecule has 0 fully saturated rings. The summed E-state index contributed by atoms with van der Waals surface area (Å²) in [5.74, 6) is -3.58. The normalized spacial score (nSPS) is 14.3. The van der Waals surface area contributed by atoms with Gasteiger partial charge in [-0.05, 0) is 37.7 Å². The van der Waals surface area contributed by atoms with Gasteiger partial charge in [0.15, 0.2) is 0 Å². The molecule has 0 aliphatic carbocycles. The third-order valence-electron chi connectivity index (χ3n) is 2.34. The highest BCUT2D eigenvalue weighted by Gasteiger charge is 2.56. The van der Waals surface area contributed by atoms with Gasteiger partial charge in [0.2, 0.25) is 0 Å². The van der Waals surface area contributed by atoms with E-state index in [-0.39, 0.29) is 13.0 Å². The molecule has 0 N–H and O–H groups in total. The Kier molecular flexibility index (Phi) is 9.41. The average molecular weight is 330 g/mol. The lowest BCUT2D eigenvalue weighted by atomic mass is 10.2. The van der Waals surface area contributed by atoms with Gasteiger partial charge < -0.3 is 4.74 Å². The molecule has 0 aromatic carbocycles. The maximum atomic E-state index is 12.7. The molecular formula is C14H19F5OS. The van der Waals surface area contributed by atoms with Gasteiger partial charge >= 0.3 is 12.1 Å². The molecule has 0 saturated heterocycles. The molecule has 0 spiro atoms. The van der Waals surface area contributed by atoms with Crippen LogP contribution in [0.15, 0.2) is 36.1 Å². The van der Waals surface area contributed by atoms with Gasteiger partial charge in [-0.15, -0.1) is 0 Å². The van der Waals surface area contributed by atoms with Crippen molar-refractivity contribution in [2.24, 2.45) is 0 Å². The number of alkyl halides is 5. The number of thiol groups is 1. The maximum absolute atomic E-state index is 12.7. The van der Waals surface area contributed by atoms with Crippen molar-refractivity contribution < 1.29 is 26.7 Å². The van der Waals surface area contributed by atoms with Crippen LogP contribution in [0, 0.1) is 0 Å². The van der Waals surface area contributed by atoms with E-state index >= 15 is 0 Å². The van der Waals surface area contributed by atoms with E-state index in [1.807, 2.05) is 6.08 Å². The van der Waals surface area contributed by atoms with Crippen LogP contribution in [0.25, 0.3) is 0 Å². The predicted octanol–water partition coefficient (Wildman–Crippen LogP) is 5.32. The highest BCUT2D eigenvalue weighted by Crippen LogP contribution is 2.38. The molecule has 0 heterocycles. The average Bonchev–Trinajstić information content (AvgIpc) is 2.38. The molecule has 0 bridgehead atoms. The monoisotopic (exact) mass is 330 g/mol. The van der Waals surface area contributed by atoms with E-state index in [1.54, 1.807) is 31.2 Å². The molecule has 0 unspecified atom stereocenters. The number of allylic oxidation sites excluding steroid dienone is 5. The fraction of sp³-hybridized carbons (Fsp3) is 0.571. The van der Waals surface area contributed by atoms with Crippen LogP contribution in [0.1, 0.15) is 26.2 Å². The Hall–Kier alpha value is -0.980. The first-order valence-corrected chi connectivity index (χ1v) is 7.05. The Labute approximate surface area is 127 Å². The second kappa shape index (κ2) is 9.87. The maximum Gasteiger partial charge on any atom is 0.453 e. The Morgan fingerprint density at radius 2 is 1.86 bits per heavy atom. The Balaban J connectivity index is 4.28. The van der Waals surface area contributed by atoms with Crippen LogP contribution in [0.4, 0.5) is 22.0 Å². The quantitative estimate of drug-likeness (QED) is 0.198. The molecule has 0 aromatic heterocycles. The summed E-state index contributed by atoms with van der Waals surface area (Å²) in [5.41, 5.74) is 0. The summed E-state index contributed by atoms with van der Waals surface area (Å²) >= 11 is 4.03. The van der Waals surface area contributed by atoms with E-state index in [2.05, 4.69) is 12.6 Å². The molecule has 0 saturated carbocycles. The van der Waals surface area contributed by atoms with Gasteiger partial charge in [-0.25, -0.2) is 0 Å². The van der Waals surface area contributed by atoms with E-state index in [0.717, 1.165) is 6.42 Å². The summed E-state index contributed by atoms with van der Waals surface area (Å²) in [6.07, 6.45) is 2.05. The molecule has 0 atom stereocenters. The summed E-state index contributed by atoms with van der Waals surface area (Å²) in [6, 6.07) is 0. The fourth-order valence-corrected chi connectivity index (χ4v) is 1.42. The van der Waals surface area contributed by atoms with Crippen molar-refractivity contribution in [2.75, 3.05) is 12.4 Å². The van der Waals surface area contributed by atoms with Crippen LogP contribution in [-0.4, -0.2) is 24.5 Å². The van der Waals surface area contributed by atoms with Gasteiger partial charge in [0.25, 0.3) is 0 Å². The zero-order chi connectivity index (χ0) is 16.4.